The van der Waals surface area contributed by atoms with Crippen molar-refractivity contribution >= 4 is 11.9 Å². The molecule has 1 saturated heterocycles. The summed E-state index contributed by atoms with van der Waals surface area (Å²) >= 11 is 0. The predicted molar refractivity (Wildman–Crippen MR) is 86.2 cm³/mol. The number of benzene rings is 1. The van der Waals surface area contributed by atoms with Crippen molar-refractivity contribution in [2.45, 2.75) is 26.8 Å². The summed E-state index contributed by atoms with van der Waals surface area (Å²) in [6.07, 6.45) is 0.404. The Hall–Kier alpha value is -2.63. The first-order valence-electron chi connectivity index (χ1n) is 7.96. The van der Waals surface area contributed by atoms with Crippen molar-refractivity contribution < 1.29 is 18.8 Å². The Balaban J connectivity index is 1.54. The molecule has 1 aromatic carbocycles. The molecule has 24 heavy (non-hydrogen) atoms. The summed E-state index contributed by atoms with van der Waals surface area (Å²) in [7, 11) is 0. The summed E-state index contributed by atoms with van der Waals surface area (Å²) < 4.78 is 10.3. The van der Waals surface area contributed by atoms with Gasteiger partial charge in [-0.15, -0.1) is 0 Å². The fourth-order valence-electron chi connectivity index (χ4n) is 2.96. The first-order chi connectivity index (χ1) is 11.5. The van der Waals surface area contributed by atoms with Crippen molar-refractivity contribution in [3.8, 4) is 0 Å². The van der Waals surface area contributed by atoms with E-state index in [1.165, 1.54) is 0 Å². The number of aryl methyl sites for hydroxylation is 2. The molecule has 6 heteroatoms. The van der Waals surface area contributed by atoms with E-state index >= 15 is 0 Å². The van der Waals surface area contributed by atoms with Gasteiger partial charge < -0.3 is 14.2 Å². The zero-order valence-electron chi connectivity index (χ0n) is 13.8. The van der Waals surface area contributed by atoms with Crippen LogP contribution in [-0.4, -0.2) is 35.1 Å². The molecule has 2 heterocycles. The molecule has 1 fully saturated rings. The zero-order chi connectivity index (χ0) is 17.1. The Morgan fingerprint density at radius 3 is 2.75 bits per heavy atom. The van der Waals surface area contributed by atoms with E-state index in [1.807, 2.05) is 35.2 Å². The van der Waals surface area contributed by atoms with E-state index in [2.05, 4.69) is 5.16 Å². The number of hydrogen-bond acceptors (Lipinski definition) is 5. The van der Waals surface area contributed by atoms with Crippen molar-refractivity contribution in [2.75, 3.05) is 13.2 Å². The minimum absolute atomic E-state index is 0.0191. The summed E-state index contributed by atoms with van der Waals surface area (Å²) in [6, 6.07) is 9.86. The molecule has 6 nitrogen and oxygen atoms in total. The Kier molecular flexibility index (Phi) is 4.64. The Morgan fingerprint density at radius 2 is 2.08 bits per heavy atom. The van der Waals surface area contributed by atoms with E-state index in [0.29, 0.717) is 36.5 Å². The quantitative estimate of drug-likeness (QED) is 0.789. The number of carbonyl (C=O) groups excluding carboxylic acids is 2. The Bertz CT molecular complexity index is 719. The SMILES string of the molecule is Cc1noc(C)c1C(=O)OCC1CC(=O)N(Cc2ccccc2)C1. The lowest BCUT2D eigenvalue weighted by Crippen LogP contribution is -2.25. The van der Waals surface area contributed by atoms with Gasteiger partial charge in [0.2, 0.25) is 5.91 Å². The van der Waals surface area contributed by atoms with Crippen molar-refractivity contribution in [1.29, 1.82) is 0 Å². The number of hydrogen-bond donors (Lipinski definition) is 0. The lowest BCUT2D eigenvalue weighted by molar-refractivity contribution is -0.128. The van der Waals surface area contributed by atoms with Gasteiger partial charge >= 0.3 is 5.97 Å². The molecule has 2 aromatic rings. The van der Waals surface area contributed by atoms with Gasteiger partial charge in [-0.3, -0.25) is 4.79 Å². The van der Waals surface area contributed by atoms with Crippen molar-refractivity contribution in [1.82, 2.24) is 10.1 Å². The molecular formula is C18H20N2O4. The monoisotopic (exact) mass is 328 g/mol. The van der Waals surface area contributed by atoms with Crippen LogP contribution in [0.4, 0.5) is 0 Å². The highest BCUT2D eigenvalue weighted by Crippen LogP contribution is 2.21. The number of rotatable bonds is 5. The van der Waals surface area contributed by atoms with Crippen LogP contribution in [0.25, 0.3) is 0 Å². The number of esters is 1. The van der Waals surface area contributed by atoms with Gasteiger partial charge in [0.25, 0.3) is 0 Å². The molecule has 0 N–H and O–H groups in total. The average Bonchev–Trinajstić information content (AvgIpc) is 3.09. The number of likely N-dealkylation sites (tertiary alicyclic amines) is 1. The van der Waals surface area contributed by atoms with Crippen LogP contribution < -0.4 is 0 Å². The topological polar surface area (TPSA) is 72.6 Å². The largest absolute Gasteiger partial charge is 0.462 e. The van der Waals surface area contributed by atoms with Gasteiger partial charge in [-0.2, -0.15) is 0 Å². The van der Waals surface area contributed by atoms with E-state index in [1.54, 1.807) is 13.8 Å². The van der Waals surface area contributed by atoms with Gasteiger partial charge in [-0.05, 0) is 19.4 Å². The van der Waals surface area contributed by atoms with Crippen molar-refractivity contribution in [3.63, 3.8) is 0 Å². The molecular weight excluding hydrogens is 308 g/mol. The summed E-state index contributed by atoms with van der Waals surface area (Å²) in [5, 5.41) is 3.75. The number of ether oxygens (including phenoxy) is 1. The molecule has 0 saturated carbocycles. The van der Waals surface area contributed by atoms with Crippen LogP contribution in [0.3, 0.4) is 0 Å². The fourth-order valence-corrected chi connectivity index (χ4v) is 2.96. The van der Waals surface area contributed by atoms with E-state index in [4.69, 9.17) is 9.26 Å². The van der Waals surface area contributed by atoms with Gasteiger partial charge in [0, 0.05) is 25.4 Å². The summed E-state index contributed by atoms with van der Waals surface area (Å²) in [5.74, 6) is 0.119. The molecule has 1 aromatic heterocycles. The third-order valence-electron chi connectivity index (χ3n) is 4.20. The second-order valence-electron chi connectivity index (χ2n) is 6.13. The maximum absolute atomic E-state index is 12.1. The molecule has 1 unspecified atom stereocenters. The van der Waals surface area contributed by atoms with Gasteiger partial charge in [0.05, 0.1) is 12.3 Å². The Labute approximate surface area is 140 Å². The fraction of sp³-hybridized carbons (Fsp3) is 0.389. The third-order valence-corrected chi connectivity index (χ3v) is 4.20. The molecule has 0 aliphatic carbocycles. The van der Waals surface area contributed by atoms with E-state index in [0.717, 1.165) is 5.56 Å². The van der Waals surface area contributed by atoms with Crippen molar-refractivity contribution in [3.05, 3.63) is 52.9 Å². The maximum atomic E-state index is 12.1. The second kappa shape index (κ2) is 6.86. The minimum atomic E-state index is -0.444. The molecule has 1 atom stereocenters. The molecule has 126 valence electrons. The van der Waals surface area contributed by atoms with Crippen LogP contribution in [0.5, 0.6) is 0 Å². The van der Waals surface area contributed by atoms with E-state index in [9.17, 15) is 9.59 Å². The minimum Gasteiger partial charge on any atom is -0.462 e. The number of carbonyl (C=O) groups is 2. The van der Waals surface area contributed by atoms with Crippen LogP contribution >= 0.6 is 0 Å². The van der Waals surface area contributed by atoms with Gasteiger partial charge in [-0.25, -0.2) is 4.79 Å². The number of amides is 1. The second-order valence-corrected chi connectivity index (χ2v) is 6.13. The Morgan fingerprint density at radius 1 is 1.33 bits per heavy atom. The highest BCUT2D eigenvalue weighted by molar-refractivity contribution is 5.91. The van der Waals surface area contributed by atoms with Crippen LogP contribution in [0.15, 0.2) is 34.9 Å². The lowest BCUT2D eigenvalue weighted by atomic mass is 10.1. The molecule has 0 spiro atoms. The van der Waals surface area contributed by atoms with Crippen LogP contribution in [0.2, 0.25) is 0 Å². The summed E-state index contributed by atoms with van der Waals surface area (Å²) in [4.78, 5) is 26.1. The lowest BCUT2D eigenvalue weighted by Gasteiger charge is -2.16. The third kappa shape index (κ3) is 3.48. The smallest absolute Gasteiger partial charge is 0.343 e. The first-order valence-corrected chi connectivity index (χ1v) is 7.96. The number of aromatic nitrogens is 1. The highest BCUT2D eigenvalue weighted by Gasteiger charge is 2.31. The molecule has 1 aliphatic rings. The molecule has 0 bridgehead atoms. The van der Waals surface area contributed by atoms with Gasteiger partial charge in [-0.1, -0.05) is 35.5 Å². The predicted octanol–water partition coefficient (Wildman–Crippen LogP) is 2.50. The van der Waals surface area contributed by atoms with E-state index < -0.39 is 5.97 Å². The van der Waals surface area contributed by atoms with Gasteiger partial charge in [0.1, 0.15) is 11.3 Å². The summed E-state index contributed by atoms with van der Waals surface area (Å²) in [6.45, 7) is 4.79. The zero-order valence-corrected chi connectivity index (χ0v) is 13.8. The van der Waals surface area contributed by atoms with Crippen LogP contribution in [0, 0.1) is 19.8 Å². The average molecular weight is 328 g/mol. The number of nitrogens with zero attached hydrogens (tertiary/aromatic N) is 2. The molecule has 1 amide bonds. The molecule has 0 radical (unpaired) electrons. The van der Waals surface area contributed by atoms with Crippen LogP contribution in [-0.2, 0) is 16.1 Å². The normalized spacial score (nSPS) is 17.3. The van der Waals surface area contributed by atoms with Crippen LogP contribution in [0.1, 0.15) is 33.8 Å². The molecule has 1 aliphatic heterocycles. The molecule has 3 rings (SSSR count). The highest BCUT2D eigenvalue weighted by atomic mass is 16.5. The maximum Gasteiger partial charge on any atom is 0.343 e. The summed E-state index contributed by atoms with van der Waals surface area (Å²) in [5.41, 5.74) is 1.99. The van der Waals surface area contributed by atoms with E-state index in [-0.39, 0.29) is 18.4 Å². The van der Waals surface area contributed by atoms with Gasteiger partial charge in [0.15, 0.2) is 0 Å². The first kappa shape index (κ1) is 16.2. The standard InChI is InChI=1S/C18H20N2O4/c1-12-17(13(2)24-19-12)18(22)23-11-15-8-16(21)20(10-15)9-14-6-4-3-5-7-14/h3-7,15H,8-11H2,1-2H3. The van der Waals surface area contributed by atoms with Crippen molar-refractivity contribution in [2.24, 2.45) is 5.92 Å².